The highest BCUT2D eigenvalue weighted by Crippen LogP contribution is 2.39. The minimum absolute atomic E-state index is 0.725. The normalized spacial score (nSPS) is 31.8. The van der Waals surface area contributed by atoms with Crippen LogP contribution in [0.3, 0.4) is 0 Å². The minimum Gasteiger partial charge on any atom is -0.310 e. The average Bonchev–Trinajstić information content (AvgIpc) is 3.18. The summed E-state index contributed by atoms with van der Waals surface area (Å²) in [4.78, 5) is 0. The molecule has 3 atom stereocenters. The molecular formula is C17H25N. The van der Waals surface area contributed by atoms with E-state index in [4.69, 9.17) is 0 Å². The van der Waals surface area contributed by atoms with Crippen molar-refractivity contribution < 1.29 is 0 Å². The number of hydrogen-bond donors (Lipinski definition) is 1. The molecule has 18 heavy (non-hydrogen) atoms. The SMILES string of the molecule is CC1CCC(NCc2ccc(C3CC3)cc2)C1C. The number of hydrogen-bond acceptors (Lipinski definition) is 1. The number of rotatable bonds is 4. The highest BCUT2D eigenvalue weighted by Gasteiger charge is 2.29. The predicted molar refractivity (Wildman–Crippen MR) is 76.6 cm³/mol. The largest absolute Gasteiger partial charge is 0.310 e. The average molecular weight is 243 g/mol. The molecule has 1 nitrogen and oxygen atoms in total. The van der Waals surface area contributed by atoms with E-state index in [1.807, 2.05) is 0 Å². The van der Waals surface area contributed by atoms with Crippen LogP contribution in [0.1, 0.15) is 56.6 Å². The lowest BCUT2D eigenvalue weighted by molar-refractivity contribution is 0.370. The van der Waals surface area contributed by atoms with Crippen LogP contribution in [0.15, 0.2) is 24.3 Å². The fraction of sp³-hybridized carbons (Fsp3) is 0.647. The summed E-state index contributed by atoms with van der Waals surface area (Å²) in [7, 11) is 0. The maximum atomic E-state index is 3.74. The zero-order valence-corrected chi connectivity index (χ0v) is 11.7. The summed E-state index contributed by atoms with van der Waals surface area (Å²) < 4.78 is 0. The molecule has 2 aliphatic rings. The van der Waals surface area contributed by atoms with E-state index in [9.17, 15) is 0 Å². The lowest BCUT2D eigenvalue weighted by Crippen LogP contribution is -2.31. The molecule has 0 amide bonds. The van der Waals surface area contributed by atoms with Gasteiger partial charge < -0.3 is 5.32 Å². The van der Waals surface area contributed by atoms with Gasteiger partial charge in [0, 0.05) is 12.6 Å². The molecule has 3 unspecified atom stereocenters. The lowest BCUT2D eigenvalue weighted by Gasteiger charge is -2.19. The Balaban J connectivity index is 1.53. The van der Waals surface area contributed by atoms with Crippen LogP contribution in [0.2, 0.25) is 0 Å². The molecule has 1 N–H and O–H groups in total. The molecular weight excluding hydrogens is 218 g/mol. The summed E-state index contributed by atoms with van der Waals surface area (Å²) >= 11 is 0. The van der Waals surface area contributed by atoms with Crippen molar-refractivity contribution in [3.05, 3.63) is 35.4 Å². The van der Waals surface area contributed by atoms with E-state index in [0.29, 0.717) is 0 Å². The van der Waals surface area contributed by atoms with Crippen molar-refractivity contribution in [2.75, 3.05) is 0 Å². The van der Waals surface area contributed by atoms with Gasteiger partial charge in [-0.15, -0.1) is 0 Å². The summed E-state index contributed by atoms with van der Waals surface area (Å²) in [6, 6.07) is 10.0. The Morgan fingerprint density at radius 1 is 1.00 bits per heavy atom. The zero-order valence-electron chi connectivity index (χ0n) is 11.7. The minimum atomic E-state index is 0.725. The first-order valence-corrected chi connectivity index (χ1v) is 7.56. The van der Waals surface area contributed by atoms with E-state index in [-0.39, 0.29) is 0 Å². The second kappa shape index (κ2) is 5.05. The Labute approximate surface area is 111 Å². The van der Waals surface area contributed by atoms with Crippen LogP contribution in [-0.2, 0) is 6.54 Å². The van der Waals surface area contributed by atoms with Crippen molar-refractivity contribution in [2.45, 2.75) is 58.0 Å². The van der Waals surface area contributed by atoms with Crippen molar-refractivity contribution in [2.24, 2.45) is 11.8 Å². The standard InChI is InChI=1S/C17H25N/c1-12-3-10-17(13(12)2)18-11-14-4-6-15(7-5-14)16-8-9-16/h4-7,12-13,16-18H,3,8-11H2,1-2H3. The van der Waals surface area contributed by atoms with Crippen molar-refractivity contribution >= 4 is 0 Å². The van der Waals surface area contributed by atoms with Crippen LogP contribution >= 0.6 is 0 Å². The molecule has 0 heterocycles. The maximum Gasteiger partial charge on any atom is 0.0208 e. The molecule has 0 aliphatic heterocycles. The monoisotopic (exact) mass is 243 g/mol. The molecule has 2 fully saturated rings. The second-order valence-corrected chi connectivity index (χ2v) is 6.42. The van der Waals surface area contributed by atoms with Crippen LogP contribution < -0.4 is 5.32 Å². The van der Waals surface area contributed by atoms with Gasteiger partial charge in [0.2, 0.25) is 0 Å². The van der Waals surface area contributed by atoms with E-state index in [1.54, 1.807) is 5.56 Å². The molecule has 0 spiro atoms. The highest BCUT2D eigenvalue weighted by molar-refractivity contribution is 5.28. The fourth-order valence-electron chi connectivity index (χ4n) is 3.23. The van der Waals surface area contributed by atoms with Crippen LogP contribution in [0.25, 0.3) is 0 Å². The lowest BCUT2D eigenvalue weighted by atomic mass is 9.97. The topological polar surface area (TPSA) is 12.0 Å². The first-order valence-electron chi connectivity index (χ1n) is 7.56. The molecule has 0 saturated heterocycles. The molecule has 0 aromatic heterocycles. The van der Waals surface area contributed by atoms with Gasteiger partial charge in [-0.1, -0.05) is 38.1 Å². The molecule has 1 aromatic rings. The maximum absolute atomic E-state index is 3.74. The van der Waals surface area contributed by atoms with Gasteiger partial charge in [-0.25, -0.2) is 0 Å². The van der Waals surface area contributed by atoms with E-state index in [0.717, 1.165) is 30.3 Å². The Kier molecular flexibility index (Phi) is 3.43. The van der Waals surface area contributed by atoms with Crippen molar-refractivity contribution in [1.82, 2.24) is 5.32 Å². The Hall–Kier alpha value is -0.820. The van der Waals surface area contributed by atoms with Crippen molar-refractivity contribution in [3.8, 4) is 0 Å². The van der Waals surface area contributed by atoms with Crippen molar-refractivity contribution in [1.29, 1.82) is 0 Å². The van der Waals surface area contributed by atoms with Gasteiger partial charge in [0.15, 0.2) is 0 Å². The third-order valence-corrected chi connectivity index (χ3v) is 5.06. The molecule has 1 heteroatoms. The summed E-state index contributed by atoms with van der Waals surface area (Å²) in [5.41, 5.74) is 2.98. The van der Waals surface area contributed by atoms with Crippen LogP contribution in [0, 0.1) is 11.8 Å². The molecule has 98 valence electrons. The van der Waals surface area contributed by atoms with Gasteiger partial charge in [-0.3, -0.25) is 0 Å². The second-order valence-electron chi connectivity index (χ2n) is 6.42. The van der Waals surface area contributed by atoms with Gasteiger partial charge in [0.05, 0.1) is 0 Å². The van der Waals surface area contributed by atoms with Crippen molar-refractivity contribution in [3.63, 3.8) is 0 Å². The summed E-state index contributed by atoms with van der Waals surface area (Å²) in [5.74, 6) is 2.60. The molecule has 2 saturated carbocycles. The summed E-state index contributed by atoms with van der Waals surface area (Å²) in [6.45, 7) is 5.81. The van der Waals surface area contributed by atoms with Gasteiger partial charge in [0.1, 0.15) is 0 Å². The fourth-order valence-corrected chi connectivity index (χ4v) is 3.23. The van der Waals surface area contributed by atoms with E-state index in [2.05, 4.69) is 43.4 Å². The Morgan fingerprint density at radius 2 is 1.72 bits per heavy atom. The van der Waals surface area contributed by atoms with E-state index in [1.165, 1.54) is 31.2 Å². The predicted octanol–water partition coefficient (Wildman–Crippen LogP) is 4.09. The smallest absolute Gasteiger partial charge is 0.0208 e. The number of nitrogens with one attached hydrogen (secondary N) is 1. The molecule has 0 bridgehead atoms. The van der Waals surface area contributed by atoms with E-state index < -0.39 is 0 Å². The van der Waals surface area contributed by atoms with Gasteiger partial charge in [0.25, 0.3) is 0 Å². The third kappa shape index (κ3) is 2.61. The van der Waals surface area contributed by atoms with Gasteiger partial charge in [-0.2, -0.15) is 0 Å². The van der Waals surface area contributed by atoms with Crippen LogP contribution in [0.5, 0.6) is 0 Å². The van der Waals surface area contributed by atoms with E-state index >= 15 is 0 Å². The molecule has 1 aromatic carbocycles. The highest BCUT2D eigenvalue weighted by atomic mass is 14.9. The van der Waals surface area contributed by atoms with Gasteiger partial charge in [-0.05, 0) is 54.6 Å². The quantitative estimate of drug-likeness (QED) is 0.840. The van der Waals surface area contributed by atoms with Crippen LogP contribution in [-0.4, -0.2) is 6.04 Å². The number of benzene rings is 1. The van der Waals surface area contributed by atoms with Crippen LogP contribution in [0.4, 0.5) is 0 Å². The third-order valence-electron chi connectivity index (χ3n) is 5.06. The zero-order chi connectivity index (χ0) is 12.5. The molecule has 3 rings (SSSR count). The Morgan fingerprint density at radius 3 is 2.28 bits per heavy atom. The summed E-state index contributed by atoms with van der Waals surface area (Å²) in [6.07, 6.45) is 5.53. The Bertz CT molecular complexity index is 391. The first kappa shape index (κ1) is 12.2. The summed E-state index contributed by atoms with van der Waals surface area (Å²) in [5, 5.41) is 3.74. The molecule has 0 radical (unpaired) electrons. The molecule has 2 aliphatic carbocycles. The first-order chi connectivity index (χ1) is 8.74. The van der Waals surface area contributed by atoms with Gasteiger partial charge >= 0.3 is 0 Å².